The third-order valence-electron chi connectivity index (χ3n) is 2.05. The maximum atomic E-state index is 11.0. The van der Waals surface area contributed by atoms with Gasteiger partial charge in [0, 0.05) is 35.4 Å². The summed E-state index contributed by atoms with van der Waals surface area (Å²) in [5.41, 5.74) is 0. The van der Waals surface area contributed by atoms with Crippen LogP contribution >= 0.6 is 0 Å². The molecule has 0 aliphatic carbocycles. The Morgan fingerprint density at radius 2 is 2.23 bits per heavy atom. The summed E-state index contributed by atoms with van der Waals surface area (Å²) in [5.74, 6) is 1.12. The number of rotatable bonds is 4. The van der Waals surface area contributed by atoms with E-state index in [4.69, 9.17) is 0 Å². The van der Waals surface area contributed by atoms with Crippen LogP contribution in [0.3, 0.4) is 0 Å². The van der Waals surface area contributed by atoms with Crippen molar-refractivity contribution in [3.63, 3.8) is 0 Å². The molecule has 0 spiro atoms. The Hall–Kier alpha value is 0.0600. The molecule has 4 nitrogen and oxygen atoms in total. The van der Waals surface area contributed by atoms with Crippen molar-refractivity contribution in [3.8, 4) is 0 Å². The van der Waals surface area contributed by atoms with Crippen LogP contribution in [-0.4, -0.2) is 48.7 Å². The van der Waals surface area contributed by atoms with Crippen molar-refractivity contribution in [2.75, 3.05) is 30.1 Å². The van der Waals surface area contributed by atoms with Crippen LogP contribution in [0.5, 0.6) is 0 Å². The maximum absolute atomic E-state index is 11.0. The van der Waals surface area contributed by atoms with Crippen molar-refractivity contribution in [2.45, 2.75) is 12.5 Å². The second kappa shape index (κ2) is 4.52. The smallest absolute Gasteiger partial charge is 0.151 e. The van der Waals surface area contributed by atoms with Crippen LogP contribution in [0.15, 0.2) is 0 Å². The highest BCUT2D eigenvalue weighted by Gasteiger charge is 2.26. The molecule has 0 aromatic rings. The fraction of sp³-hybridized carbons (Fsp3) is 1.00. The van der Waals surface area contributed by atoms with Gasteiger partial charge in [-0.2, -0.15) is 0 Å². The summed E-state index contributed by atoms with van der Waals surface area (Å²) in [4.78, 5) is 0. The van der Waals surface area contributed by atoms with E-state index in [0.717, 1.165) is 0 Å². The van der Waals surface area contributed by atoms with Crippen molar-refractivity contribution in [1.82, 2.24) is 5.32 Å². The van der Waals surface area contributed by atoms with Gasteiger partial charge in [0.2, 0.25) is 0 Å². The molecule has 2 unspecified atom stereocenters. The number of hydrogen-bond acceptors (Lipinski definition) is 4. The van der Waals surface area contributed by atoms with Gasteiger partial charge in [0.1, 0.15) is 0 Å². The van der Waals surface area contributed by atoms with E-state index in [1.807, 2.05) is 0 Å². The van der Waals surface area contributed by atoms with Crippen molar-refractivity contribution >= 4 is 20.6 Å². The zero-order valence-electron chi connectivity index (χ0n) is 7.65. The Balaban J connectivity index is 2.22. The summed E-state index contributed by atoms with van der Waals surface area (Å²) in [6.07, 6.45) is 2.34. The van der Waals surface area contributed by atoms with E-state index in [-0.39, 0.29) is 11.8 Å². The van der Waals surface area contributed by atoms with Crippen LogP contribution in [0.25, 0.3) is 0 Å². The molecular weight excluding hydrogens is 210 g/mol. The number of nitrogens with one attached hydrogen (secondary N) is 1. The van der Waals surface area contributed by atoms with Gasteiger partial charge in [0.15, 0.2) is 9.84 Å². The van der Waals surface area contributed by atoms with Gasteiger partial charge in [-0.15, -0.1) is 0 Å². The topological polar surface area (TPSA) is 63.2 Å². The summed E-state index contributed by atoms with van der Waals surface area (Å²) in [6.45, 7) is 0.642. The summed E-state index contributed by atoms with van der Waals surface area (Å²) >= 11 is 0. The maximum Gasteiger partial charge on any atom is 0.151 e. The van der Waals surface area contributed by atoms with Crippen LogP contribution in [0.4, 0.5) is 0 Å². The van der Waals surface area contributed by atoms with Gasteiger partial charge in [-0.25, -0.2) is 8.42 Å². The number of hydrogen-bond donors (Lipinski definition) is 1. The molecule has 0 aromatic carbocycles. The Labute approximate surface area is 81.5 Å². The summed E-state index contributed by atoms with van der Waals surface area (Å²) in [5, 5.41) is 3.10. The van der Waals surface area contributed by atoms with E-state index in [1.54, 1.807) is 6.26 Å². The summed E-state index contributed by atoms with van der Waals surface area (Å²) in [7, 11) is -3.58. The van der Waals surface area contributed by atoms with Crippen LogP contribution < -0.4 is 5.32 Å². The van der Waals surface area contributed by atoms with Crippen molar-refractivity contribution in [1.29, 1.82) is 0 Å². The van der Waals surface area contributed by atoms with E-state index in [9.17, 15) is 12.6 Å². The highest BCUT2D eigenvalue weighted by Crippen LogP contribution is 2.10. The van der Waals surface area contributed by atoms with Crippen LogP contribution in [0.2, 0.25) is 0 Å². The van der Waals surface area contributed by atoms with Gasteiger partial charge >= 0.3 is 0 Å². The van der Waals surface area contributed by atoms with E-state index < -0.39 is 20.6 Å². The Bertz CT molecular complexity index is 286. The second-order valence-corrected chi connectivity index (χ2v) is 7.11. The Morgan fingerprint density at radius 1 is 1.54 bits per heavy atom. The quantitative estimate of drug-likeness (QED) is 0.676. The SMILES string of the molecule is CS(=O)CCNC1CCS(=O)(=O)C1. The van der Waals surface area contributed by atoms with Gasteiger partial charge in [0.05, 0.1) is 11.5 Å². The van der Waals surface area contributed by atoms with Gasteiger partial charge in [-0.3, -0.25) is 4.21 Å². The molecule has 1 aliphatic rings. The highest BCUT2D eigenvalue weighted by atomic mass is 32.2. The first-order valence-corrected chi connectivity index (χ1v) is 7.78. The van der Waals surface area contributed by atoms with Gasteiger partial charge in [-0.1, -0.05) is 0 Å². The Kier molecular flexibility index (Phi) is 3.87. The lowest BCUT2D eigenvalue weighted by Crippen LogP contribution is -2.32. The lowest BCUT2D eigenvalue weighted by Gasteiger charge is -2.08. The first-order chi connectivity index (χ1) is 5.99. The third kappa shape index (κ3) is 4.19. The molecule has 1 aliphatic heterocycles. The first-order valence-electron chi connectivity index (χ1n) is 4.23. The molecule has 1 saturated heterocycles. The Morgan fingerprint density at radius 3 is 2.69 bits per heavy atom. The van der Waals surface area contributed by atoms with Crippen molar-refractivity contribution in [2.24, 2.45) is 0 Å². The first kappa shape index (κ1) is 11.1. The molecular formula is C7H15NO3S2. The summed E-state index contributed by atoms with van der Waals surface area (Å²) in [6, 6.07) is 0.0774. The minimum atomic E-state index is -2.78. The monoisotopic (exact) mass is 225 g/mol. The molecule has 0 aromatic heterocycles. The molecule has 6 heteroatoms. The zero-order valence-corrected chi connectivity index (χ0v) is 9.29. The fourth-order valence-corrected chi connectivity index (χ4v) is 3.48. The van der Waals surface area contributed by atoms with E-state index in [0.29, 0.717) is 24.5 Å². The molecule has 13 heavy (non-hydrogen) atoms. The molecule has 1 N–H and O–H groups in total. The van der Waals surface area contributed by atoms with Crippen LogP contribution in [0, 0.1) is 0 Å². The second-order valence-electron chi connectivity index (χ2n) is 3.33. The van der Waals surface area contributed by atoms with Crippen molar-refractivity contribution in [3.05, 3.63) is 0 Å². The van der Waals surface area contributed by atoms with Gasteiger partial charge in [-0.05, 0) is 6.42 Å². The molecule has 0 radical (unpaired) electrons. The minimum Gasteiger partial charge on any atom is -0.312 e. The predicted molar refractivity (Wildman–Crippen MR) is 54.0 cm³/mol. The van der Waals surface area contributed by atoms with Crippen molar-refractivity contribution < 1.29 is 12.6 Å². The van der Waals surface area contributed by atoms with E-state index in [2.05, 4.69) is 5.32 Å². The van der Waals surface area contributed by atoms with E-state index >= 15 is 0 Å². The largest absolute Gasteiger partial charge is 0.312 e. The molecule has 0 amide bonds. The fourth-order valence-electron chi connectivity index (χ4n) is 1.36. The normalized spacial score (nSPS) is 28.8. The van der Waals surface area contributed by atoms with Gasteiger partial charge in [0.25, 0.3) is 0 Å². The minimum absolute atomic E-state index is 0.0774. The average molecular weight is 225 g/mol. The van der Waals surface area contributed by atoms with Crippen LogP contribution in [-0.2, 0) is 20.6 Å². The van der Waals surface area contributed by atoms with Crippen LogP contribution in [0.1, 0.15) is 6.42 Å². The molecule has 2 atom stereocenters. The zero-order chi connectivity index (χ0) is 9.90. The van der Waals surface area contributed by atoms with Gasteiger partial charge < -0.3 is 5.32 Å². The molecule has 1 rings (SSSR count). The predicted octanol–water partition coefficient (Wildman–Crippen LogP) is -0.858. The molecule has 0 saturated carbocycles. The number of sulfone groups is 1. The molecule has 1 heterocycles. The highest BCUT2D eigenvalue weighted by molar-refractivity contribution is 7.91. The molecule has 78 valence electrons. The average Bonchev–Trinajstić information content (AvgIpc) is 2.29. The lowest BCUT2D eigenvalue weighted by atomic mass is 10.3. The third-order valence-corrected chi connectivity index (χ3v) is 4.60. The standard InChI is InChI=1S/C7H15NO3S2/c1-12(9)4-3-8-7-2-5-13(10,11)6-7/h7-8H,2-6H2,1H3. The molecule has 1 fully saturated rings. The lowest BCUT2D eigenvalue weighted by molar-refractivity contribution is 0.572. The molecule has 0 bridgehead atoms. The van der Waals surface area contributed by atoms with E-state index in [1.165, 1.54) is 0 Å². The summed E-state index contributed by atoms with van der Waals surface area (Å²) < 4.78 is 32.8.